The molecule has 0 atom stereocenters. The van der Waals surface area contributed by atoms with Crippen molar-refractivity contribution in [2.45, 2.75) is 57.8 Å². The highest BCUT2D eigenvalue weighted by molar-refractivity contribution is 6.87. The second kappa shape index (κ2) is 7.59. The number of ether oxygens (including phenoxy) is 1. The number of hydrogen-bond donors (Lipinski definition) is 0. The Balaban J connectivity index is 1.97. The first-order valence-electron chi connectivity index (χ1n) is 7.72. The van der Waals surface area contributed by atoms with Crippen LogP contribution in [0.1, 0.15) is 57.8 Å². The van der Waals surface area contributed by atoms with Gasteiger partial charge in [-0.05, 0) is 19.4 Å². The topological polar surface area (TPSA) is 12.5 Å². The highest BCUT2D eigenvalue weighted by Gasteiger charge is 2.33. The lowest BCUT2D eigenvalue weighted by Gasteiger charge is -2.36. The van der Waals surface area contributed by atoms with Gasteiger partial charge < -0.3 is 9.55 Å². The summed E-state index contributed by atoms with van der Waals surface area (Å²) < 4.78 is 5.87. The molecule has 0 aromatic carbocycles. The third kappa shape index (κ3) is 4.31. The second-order valence-corrected chi connectivity index (χ2v) is 6.15. The Bertz CT molecular complexity index is 228. The normalized spacial score (nSPS) is 27.6. The van der Waals surface area contributed by atoms with Crippen LogP contribution >= 0.6 is 0 Å². The van der Waals surface area contributed by atoms with Crippen LogP contribution in [-0.2, 0) is 4.74 Å². The lowest BCUT2D eigenvalue weighted by atomic mass is 9.63. The molecule has 0 amide bonds. The highest BCUT2D eigenvalue weighted by Crippen LogP contribution is 2.35. The van der Waals surface area contributed by atoms with Crippen molar-refractivity contribution >= 4 is 15.0 Å². The molecule has 1 spiro atoms. The molecule has 2 nitrogen and oxygen atoms in total. The molecule has 1 saturated carbocycles. The fraction of sp³-hybridized carbons (Fsp3) is 1.00. The molecule has 0 bridgehead atoms. The van der Waals surface area contributed by atoms with Gasteiger partial charge in [0.1, 0.15) is 7.31 Å². The summed E-state index contributed by atoms with van der Waals surface area (Å²) in [4.78, 5) is 2.26. The fourth-order valence-electron chi connectivity index (χ4n) is 3.46. The van der Waals surface area contributed by atoms with E-state index in [9.17, 15) is 0 Å². The van der Waals surface area contributed by atoms with E-state index in [-0.39, 0.29) is 0 Å². The zero-order chi connectivity index (χ0) is 12.7. The van der Waals surface area contributed by atoms with Gasteiger partial charge in [-0.15, -0.1) is 0 Å². The first kappa shape index (κ1) is 14.5. The molecule has 4 heteroatoms. The smallest absolute Gasteiger partial charge is 0.149 e. The van der Waals surface area contributed by atoms with Gasteiger partial charge in [-0.25, -0.2) is 0 Å². The third-order valence-corrected chi connectivity index (χ3v) is 4.59. The molecule has 1 heterocycles. The minimum absolute atomic E-state index is 0.365. The molecular formula is C14H26B2NO. The molecule has 1 aliphatic heterocycles. The van der Waals surface area contributed by atoms with Crippen molar-refractivity contribution in [2.75, 3.05) is 26.3 Å². The Morgan fingerprint density at radius 1 is 0.944 bits per heavy atom. The molecule has 2 fully saturated rings. The van der Waals surface area contributed by atoms with Crippen molar-refractivity contribution in [3.63, 3.8) is 0 Å². The van der Waals surface area contributed by atoms with E-state index in [4.69, 9.17) is 12.5 Å². The van der Waals surface area contributed by atoms with Crippen molar-refractivity contribution in [2.24, 2.45) is 5.41 Å². The molecule has 3 radical (unpaired) electrons. The van der Waals surface area contributed by atoms with E-state index in [0.717, 1.165) is 26.3 Å². The summed E-state index contributed by atoms with van der Waals surface area (Å²) in [5.74, 6) is 0. The first-order valence-corrected chi connectivity index (χ1v) is 7.72. The zero-order valence-electron chi connectivity index (χ0n) is 11.7. The van der Waals surface area contributed by atoms with Gasteiger partial charge in [0, 0.05) is 19.7 Å². The molecule has 0 aromatic heterocycles. The van der Waals surface area contributed by atoms with Gasteiger partial charge in [-0.3, -0.25) is 0 Å². The first-order chi connectivity index (χ1) is 8.85. The molecule has 0 unspecified atom stereocenters. The zero-order valence-corrected chi connectivity index (χ0v) is 11.7. The van der Waals surface area contributed by atoms with Gasteiger partial charge >= 0.3 is 0 Å². The van der Waals surface area contributed by atoms with E-state index in [1.165, 1.54) is 57.8 Å². The minimum Gasteiger partial charge on any atom is -0.380 e. The Morgan fingerprint density at radius 3 is 2.17 bits per heavy atom. The van der Waals surface area contributed by atoms with E-state index in [1.807, 2.05) is 0 Å². The number of rotatable bonds is 1. The summed E-state index contributed by atoms with van der Waals surface area (Å²) in [6, 6.07) is 0. The maximum absolute atomic E-state index is 5.87. The van der Waals surface area contributed by atoms with Crippen LogP contribution in [0.15, 0.2) is 0 Å². The van der Waals surface area contributed by atoms with Gasteiger partial charge in [0.25, 0.3) is 0 Å². The quantitative estimate of drug-likeness (QED) is 0.659. The number of nitrogens with zero attached hydrogens (tertiary/aromatic N) is 1. The minimum atomic E-state index is 0.365. The van der Waals surface area contributed by atoms with Crippen molar-refractivity contribution in [3.8, 4) is 0 Å². The standard InChI is InChI=1S/C14H26B2NO/c15-16-17-10-11-18-13-14(12-17)8-6-4-2-1-3-5-7-9-14/h1-13H2. The molecule has 0 aromatic rings. The third-order valence-electron chi connectivity index (χ3n) is 4.59. The second-order valence-electron chi connectivity index (χ2n) is 6.15. The van der Waals surface area contributed by atoms with E-state index in [1.54, 1.807) is 7.31 Å². The van der Waals surface area contributed by atoms with Crippen LogP contribution < -0.4 is 0 Å². The Labute approximate surface area is 114 Å². The van der Waals surface area contributed by atoms with Crippen molar-refractivity contribution < 1.29 is 4.74 Å². The molecule has 18 heavy (non-hydrogen) atoms. The van der Waals surface area contributed by atoms with Crippen LogP contribution in [0.25, 0.3) is 0 Å². The molecular weight excluding hydrogens is 220 g/mol. The largest absolute Gasteiger partial charge is 0.380 e. The van der Waals surface area contributed by atoms with E-state index >= 15 is 0 Å². The summed E-state index contributed by atoms with van der Waals surface area (Å²) in [7, 11) is 7.49. The van der Waals surface area contributed by atoms with Gasteiger partial charge in [-0.2, -0.15) is 0 Å². The summed E-state index contributed by atoms with van der Waals surface area (Å²) in [5, 5.41) is 0. The monoisotopic (exact) mass is 246 g/mol. The predicted molar refractivity (Wildman–Crippen MR) is 77.9 cm³/mol. The van der Waals surface area contributed by atoms with E-state index < -0.39 is 0 Å². The van der Waals surface area contributed by atoms with Crippen LogP contribution in [0.3, 0.4) is 0 Å². The van der Waals surface area contributed by atoms with Crippen molar-refractivity contribution in [1.29, 1.82) is 0 Å². The Hall–Kier alpha value is 0.0499. The van der Waals surface area contributed by atoms with Gasteiger partial charge in [0.2, 0.25) is 0 Å². The van der Waals surface area contributed by atoms with Crippen LogP contribution in [0.2, 0.25) is 0 Å². The summed E-state index contributed by atoms with van der Waals surface area (Å²) in [6.07, 6.45) is 12.4. The molecule has 2 rings (SSSR count). The van der Waals surface area contributed by atoms with Crippen LogP contribution in [0.5, 0.6) is 0 Å². The average Bonchev–Trinajstić information content (AvgIpc) is 2.60. The predicted octanol–water partition coefficient (Wildman–Crippen LogP) is 2.53. The van der Waals surface area contributed by atoms with Crippen molar-refractivity contribution in [1.82, 2.24) is 4.81 Å². The van der Waals surface area contributed by atoms with Gasteiger partial charge in [0.15, 0.2) is 0 Å². The number of hydrogen-bond acceptors (Lipinski definition) is 2. The van der Waals surface area contributed by atoms with Crippen LogP contribution in [0, 0.1) is 5.41 Å². The Kier molecular flexibility index (Phi) is 6.10. The lowest BCUT2D eigenvalue weighted by molar-refractivity contribution is 0.0522. The molecule has 1 aliphatic carbocycles. The lowest BCUT2D eigenvalue weighted by Crippen LogP contribution is -2.40. The van der Waals surface area contributed by atoms with Gasteiger partial charge in [-0.1, -0.05) is 44.9 Å². The summed E-state index contributed by atoms with van der Waals surface area (Å²) in [5.41, 5.74) is 0.365. The molecule has 99 valence electrons. The SMILES string of the molecule is [B][B]N1CCOCC2(CCCCCCCCC2)C1. The maximum atomic E-state index is 5.87. The van der Waals surface area contributed by atoms with E-state index in [0.29, 0.717) is 5.41 Å². The van der Waals surface area contributed by atoms with Crippen LogP contribution in [-0.4, -0.2) is 46.2 Å². The fourth-order valence-corrected chi connectivity index (χ4v) is 3.46. The summed E-state index contributed by atoms with van der Waals surface area (Å²) >= 11 is 0. The molecule has 0 N–H and O–H groups in total. The van der Waals surface area contributed by atoms with E-state index in [2.05, 4.69) is 4.81 Å². The Morgan fingerprint density at radius 2 is 1.56 bits per heavy atom. The average molecular weight is 246 g/mol. The van der Waals surface area contributed by atoms with Crippen LogP contribution in [0.4, 0.5) is 0 Å². The molecule has 2 aliphatic rings. The highest BCUT2D eigenvalue weighted by atomic mass is 16.5. The van der Waals surface area contributed by atoms with Crippen molar-refractivity contribution in [3.05, 3.63) is 0 Å². The van der Waals surface area contributed by atoms with Gasteiger partial charge in [0.05, 0.1) is 13.2 Å². The summed E-state index contributed by atoms with van der Waals surface area (Å²) in [6.45, 7) is 3.83. The molecule has 1 saturated heterocycles. The maximum Gasteiger partial charge on any atom is 0.149 e.